The molecule has 35 heavy (non-hydrogen) atoms. The van der Waals surface area contributed by atoms with E-state index in [0.29, 0.717) is 11.3 Å². The summed E-state index contributed by atoms with van der Waals surface area (Å²) in [7, 11) is 0. The number of carbonyl (C=O) groups is 2. The van der Waals surface area contributed by atoms with Gasteiger partial charge in [0.25, 0.3) is 11.7 Å². The monoisotopic (exact) mass is 471 g/mol. The number of rotatable bonds is 4. The number of aliphatic hydroxyl groups excluding tert-OH is 1. The molecule has 1 fully saturated rings. The molecule has 0 radical (unpaired) electrons. The van der Waals surface area contributed by atoms with Crippen LogP contribution in [0.5, 0.6) is 5.75 Å². The van der Waals surface area contributed by atoms with Gasteiger partial charge in [0.15, 0.2) is 0 Å². The Morgan fingerprint density at radius 2 is 1.83 bits per heavy atom. The number of carbonyl (C=O) groups excluding carboxylic acids is 2. The number of ketones is 1. The molecule has 0 spiro atoms. The zero-order valence-corrected chi connectivity index (χ0v) is 20.4. The summed E-state index contributed by atoms with van der Waals surface area (Å²) in [5, 5.41) is 11.4. The molecule has 180 valence electrons. The topological polar surface area (TPSA) is 80.0 Å². The molecule has 3 aromatic rings. The predicted octanol–water partition coefficient (Wildman–Crippen LogP) is 5.52. The molecule has 3 heterocycles. The maximum absolute atomic E-state index is 13.3. The van der Waals surface area contributed by atoms with Gasteiger partial charge in [-0.3, -0.25) is 9.59 Å². The largest absolute Gasteiger partial charge is 0.507 e. The first-order chi connectivity index (χ1) is 16.6. The SMILES string of the molecule is CC1Cc2cc(/C(O)=C3\C(=O)C(=O)N(Cc4ccco4)C3c3ccc(C(C)(C)C)cc3)ccc2O1. The van der Waals surface area contributed by atoms with Gasteiger partial charge in [-0.1, -0.05) is 45.0 Å². The summed E-state index contributed by atoms with van der Waals surface area (Å²) in [5.74, 6) is -0.207. The number of nitrogens with zero attached hydrogens (tertiary/aromatic N) is 1. The quantitative estimate of drug-likeness (QED) is 0.308. The van der Waals surface area contributed by atoms with E-state index in [1.54, 1.807) is 24.3 Å². The highest BCUT2D eigenvalue weighted by Gasteiger charge is 2.46. The van der Waals surface area contributed by atoms with Crippen molar-refractivity contribution in [2.75, 3.05) is 0 Å². The Morgan fingerprint density at radius 3 is 2.49 bits per heavy atom. The Kier molecular flexibility index (Phi) is 5.55. The van der Waals surface area contributed by atoms with E-state index in [9.17, 15) is 14.7 Å². The lowest BCUT2D eigenvalue weighted by molar-refractivity contribution is -0.140. The molecule has 6 heteroatoms. The molecule has 5 rings (SSSR count). The molecular formula is C29H29NO5. The molecule has 0 aliphatic carbocycles. The minimum atomic E-state index is -0.738. The molecule has 2 aliphatic rings. The first kappa shape index (κ1) is 23.0. The van der Waals surface area contributed by atoms with E-state index in [0.717, 1.165) is 28.9 Å². The minimum absolute atomic E-state index is 0.0435. The van der Waals surface area contributed by atoms with Crippen LogP contribution in [0.1, 0.15) is 61.8 Å². The number of likely N-dealkylation sites (tertiary alicyclic amines) is 1. The van der Waals surface area contributed by atoms with E-state index in [2.05, 4.69) is 20.8 Å². The van der Waals surface area contributed by atoms with Gasteiger partial charge in [-0.05, 0) is 59.4 Å². The van der Waals surface area contributed by atoms with Crippen molar-refractivity contribution in [1.82, 2.24) is 4.90 Å². The Morgan fingerprint density at radius 1 is 1.09 bits per heavy atom. The van der Waals surface area contributed by atoms with Crippen LogP contribution in [0.4, 0.5) is 0 Å². The lowest BCUT2D eigenvalue weighted by Gasteiger charge is -2.26. The molecule has 1 saturated heterocycles. The Bertz CT molecular complexity index is 1310. The third-order valence-corrected chi connectivity index (χ3v) is 6.71. The second-order valence-electron chi connectivity index (χ2n) is 10.3. The van der Waals surface area contributed by atoms with Gasteiger partial charge in [0.2, 0.25) is 0 Å². The molecule has 2 unspecified atom stereocenters. The van der Waals surface area contributed by atoms with Crippen LogP contribution < -0.4 is 4.74 Å². The third-order valence-electron chi connectivity index (χ3n) is 6.71. The zero-order chi connectivity index (χ0) is 24.9. The highest BCUT2D eigenvalue weighted by Crippen LogP contribution is 2.41. The second-order valence-corrected chi connectivity index (χ2v) is 10.3. The molecule has 2 aromatic carbocycles. The summed E-state index contributed by atoms with van der Waals surface area (Å²) in [6.07, 6.45) is 2.32. The fourth-order valence-electron chi connectivity index (χ4n) is 4.85. The average molecular weight is 472 g/mol. The van der Waals surface area contributed by atoms with Crippen molar-refractivity contribution in [2.24, 2.45) is 0 Å². The van der Waals surface area contributed by atoms with Gasteiger partial charge in [-0.25, -0.2) is 0 Å². The first-order valence-electron chi connectivity index (χ1n) is 11.8. The number of furan rings is 1. The van der Waals surface area contributed by atoms with Crippen LogP contribution >= 0.6 is 0 Å². The van der Waals surface area contributed by atoms with Crippen LogP contribution in [-0.2, 0) is 28.0 Å². The smallest absolute Gasteiger partial charge is 0.296 e. The van der Waals surface area contributed by atoms with Gasteiger partial charge in [0, 0.05) is 12.0 Å². The number of benzene rings is 2. The van der Waals surface area contributed by atoms with Gasteiger partial charge >= 0.3 is 0 Å². The molecular weight excluding hydrogens is 442 g/mol. The number of fused-ring (bicyclic) bond motifs is 1. The summed E-state index contributed by atoms with van der Waals surface area (Å²) in [4.78, 5) is 27.9. The third kappa shape index (κ3) is 4.14. The van der Waals surface area contributed by atoms with Crippen molar-refractivity contribution in [3.8, 4) is 5.75 Å². The number of amides is 1. The van der Waals surface area contributed by atoms with E-state index in [1.807, 2.05) is 37.3 Å². The summed E-state index contributed by atoms with van der Waals surface area (Å²) < 4.78 is 11.2. The normalized spacial score (nSPS) is 21.3. The molecule has 1 amide bonds. The molecule has 2 atom stereocenters. The number of hydrogen-bond donors (Lipinski definition) is 1. The molecule has 0 saturated carbocycles. The number of hydrogen-bond acceptors (Lipinski definition) is 5. The van der Waals surface area contributed by atoms with Crippen LogP contribution in [0.3, 0.4) is 0 Å². The van der Waals surface area contributed by atoms with Gasteiger partial charge in [0.05, 0.1) is 24.4 Å². The maximum atomic E-state index is 13.3. The molecule has 1 aromatic heterocycles. The van der Waals surface area contributed by atoms with Crippen molar-refractivity contribution in [3.05, 3.63) is 94.4 Å². The first-order valence-corrected chi connectivity index (χ1v) is 11.8. The van der Waals surface area contributed by atoms with Crippen LogP contribution in [0.25, 0.3) is 5.76 Å². The summed E-state index contributed by atoms with van der Waals surface area (Å²) in [6.45, 7) is 8.49. The zero-order valence-electron chi connectivity index (χ0n) is 20.4. The van der Waals surface area contributed by atoms with E-state index in [4.69, 9.17) is 9.15 Å². The fraction of sp³-hybridized carbons (Fsp3) is 0.310. The van der Waals surface area contributed by atoms with Gasteiger partial charge in [-0.15, -0.1) is 0 Å². The summed E-state index contributed by atoms with van der Waals surface area (Å²) in [5.41, 5.74) is 3.39. The van der Waals surface area contributed by atoms with E-state index in [-0.39, 0.29) is 29.4 Å². The fourth-order valence-corrected chi connectivity index (χ4v) is 4.85. The Labute approximate surface area is 204 Å². The highest BCUT2D eigenvalue weighted by molar-refractivity contribution is 6.46. The minimum Gasteiger partial charge on any atom is -0.507 e. The van der Waals surface area contributed by atoms with E-state index < -0.39 is 17.7 Å². The summed E-state index contributed by atoms with van der Waals surface area (Å²) in [6, 6.07) is 16.0. The lowest BCUT2D eigenvalue weighted by Crippen LogP contribution is -2.29. The summed E-state index contributed by atoms with van der Waals surface area (Å²) >= 11 is 0. The van der Waals surface area contributed by atoms with Crippen LogP contribution in [0.15, 0.2) is 70.9 Å². The van der Waals surface area contributed by atoms with Gasteiger partial charge in [0.1, 0.15) is 23.4 Å². The van der Waals surface area contributed by atoms with E-state index in [1.165, 1.54) is 11.2 Å². The van der Waals surface area contributed by atoms with Crippen molar-refractivity contribution in [2.45, 2.75) is 58.2 Å². The molecule has 2 aliphatic heterocycles. The lowest BCUT2D eigenvalue weighted by atomic mass is 9.85. The van der Waals surface area contributed by atoms with Crippen molar-refractivity contribution >= 4 is 17.4 Å². The number of aliphatic hydroxyl groups is 1. The molecule has 1 N–H and O–H groups in total. The standard InChI is InChI=1S/C29H29NO5/c1-17-14-20-15-19(9-12-23(20)35-17)26(31)24-25(18-7-10-21(11-8-18)29(2,3)4)30(28(33)27(24)32)16-22-6-5-13-34-22/h5-13,15,17,25,31H,14,16H2,1-4H3/b26-24+. The van der Waals surface area contributed by atoms with Crippen molar-refractivity contribution in [3.63, 3.8) is 0 Å². The van der Waals surface area contributed by atoms with Gasteiger partial charge in [-0.2, -0.15) is 0 Å². The number of Topliss-reactive ketones (excluding diaryl/α,β-unsaturated/α-hetero) is 1. The van der Waals surface area contributed by atoms with E-state index >= 15 is 0 Å². The predicted molar refractivity (Wildman–Crippen MR) is 132 cm³/mol. The molecule has 0 bridgehead atoms. The van der Waals surface area contributed by atoms with Crippen LogP contribution in [0, 0.1) is 0 Å². The maximum Gasteiger partial charge on any atom is 0.296 e. The van der Waals surface area contributed by atoms with Crippen LogP contribution in [-0.4, -0.2) is 27.8 Å². The van der Waals surface area contributed by atoms with Gasteiger partial charge < -0.3 is 19.2 Å². The second kappa shape index (κ2) is 8.45. The highest BCUT2D eigenvalue weighted by atomic mass is 16.5. The Hall–Kier alpha value is -3.80. The van der Waals surface area contributed by atoms with Crippen LogP contribution in [0.2, 0.25) is 0 Å². The van der Waals surface area contributed by atoms with Crippen molar-refractivity contribution < 1.29 is 23.8 Å². The average Bonchev–Trinajstić information content (AvgIpc) is 3.52. The Balaban J connectivity index is 1.62. The molecule has 6 nitrogen and oxygen atoms in total. The van der Waals surface area contributed by atoms with Crippen molar-refractivity contribution in [1.29, 1.82) is 0 Å². The number of ether oxygens (including phenoxy) is 1.